The molecule has 0 saturated carbocycles. The van der Waals surface area contributed by atoms with Crippen molar-refractivity contribution in [2.24, 2.45) is 5.73 Å². The fourth-order valence-electron chi connectivity index (χ4n) is 1.45. The van der Waals surface area contributed by atoms with Gasteiger partial charge in [0.2, 0.25) is 10.0 Å². The Balaban J connectivity index is 3.32. The van der Waals surface area contributed by atoms with E-state index < -0.39 is 10.0 Å². The zero-order valence-corrected chi connectivity index (χ0v) is 12.7. The van der Waals surface area contributed by atoms with Gasteiger partial charge >= 0.3 is 0 Å². The molecule has 1 aromatic rings. The molecular weight excluding hydrogens is 295 g/mol. The van der Waals surface area contributed by atoms with Crippen LogP contribution in [0.2, 0.25) is 10.0 Å². The van der Waals surface area contributed by atoms with Crippen LogP contribution in [0.3, 0.4) is 0 Å². The number of aryl methyl sites for hydroxylation is 1. The van der Waals surface area contributed by atoms with Crippen molar-refractivity contribution in [1.82, 2.24) is 4.72 Å². The highest BCUT2D eigenvalue weighted by Gasteiger charge is 2.23. The molecule has 0 bridgehead atoms. The fourth-order valence-corrected chi connectivity index (χ4v) is 3.80. The molecule has 0 aromatic heterocycles. The van der Waals surface area contributed by atoms with Crippen molar-refractivity contribution in [3.05, 3.63) is 27.2 Å². The van der Waals surface area contributed by atoms with E-state index in [1.165, 1.54) is 0 Å². The van der Waals surface area contributed by atoms with Gasteiger partial charge in [-0.25, -0.2) is 13.1 Å². The first kappa shape index (κ1) is 15.7. The highest BCUT2D eigenvalue weighted by molar-refractivity contribution is 7.89. The van der Waals surface area contributed by atoms with E-state index in [1.54, 1.807) is 26.8 Å². The normalized spacial score (nSPS) is 13.7. The van der Waals surface area contributed by atoms with Gasteiger partial charge in [-0.1, -0.05) is 23.2 Å². The number of nitrogens with two attached hydrogens (primary N) is 1. The molecule has 1 rings (SSSR count). The second kappa shape index (κ2) is 5.75. The van der Waals surface area contributed by atoms with Gasteiger partial charge in [0.1, 0.15) is 4.90 Å². The van der Waals surface area contributed by atoms with E-state index in [-0.39, 0.29) is 22.5 Å². The molecule has 102 valence electrons. The van der Waals surface area contributed by atoms with Gasteiger partial charge in [-0.05, 0) is 38.0 Å². The third-order valence-electron chi connectivity index (χ3n) is 2.45. The Labute approximate surface area is 118 Å². The minimum Gasteiger partial charge on any atom is -0.327 e. The van der Waals surface area contributed by atoms with Gasteiger partial charge in [0.15, 0.2) is 0 Å². The third kappa shape index (κ3) is 3.36. The lowest BCUT2D eigenvalue weighted by Gasteiger charge is -2.15. The van der Waals surface area contributed by atoms with Crippen molar-refractivity contribution >= 4 is 33.2 Å². The van der Waals surface area contributed by atoms with Crippen LogP contribution in [0.4, 0.5) is 0 Å². The summed E-state index contributed by atoms with van der Waals surface area (Å²) < 4.78 is 26.8. The monoisotopic (exact) mass is 310 g/mol. The molecule has 7 heteroatoms. The molecule has 0 aliphatic heterocycles. The standard InChI is InChI=1S/C11H16Cl2N2O2S/c1-6-4-9(12)8(3)11(10(6)13)18(16,17)15-5-7(2)14/h4,7,15H,5,14H2,1-3H3. The number of nitrogens with one attached hydrogen (secondary N) is 1. The molecule has 18 heavy (non-hydrogen) atoms. The lowest BCUT2D eigenvalue weighted by Crippen LogP contribution is -2.35. The summed E-state index contributed by atoms with van der Waals surface area (Å²) in [5.41, 5.74) is 6.58. The van der Waals surface area contributed by atoms with E-state index in [0.717, 1.165) is 0 Å². The smallest absolute Gasteiger partial charge is 0.242 e. The Hall–Kier alpha value is -0.330. The summed E-state index contributed by atoms with van der Waals surface area (Å²) in [6, 6.07) is 1.36. The Morgan fingerprint density at radius 2 is 1.94 bits per heavy atom. The van der Waals surface area contributed by atoms with E-state index in [0.29, 0.717) is 16.1 Å². The van der Waals surface area contributed by atoms with Crippen LogP contribution >= 0.6 is 23.2 Å². The number of hydrogen-bond donors (Lipinski definition) is 2. The minimum absolute atomic E-state index is 0.0230. The molecule has 1 atom stereocenters. The molecule has 0 aliphatic carbocycles. The highest BCUT2D eigenvalue weighted by atomic mass is 35.5. The summed E-state index contributed by atoms with van der Waals surface area (Å²) in [5, 5.41) is 0.562. The maximum atomic E-state index is 12.2. The van der Waals surface area contributed by atoms with Crippen LogP contribution in [0.5, 0.6) is 0 Å². The minimum atomic E-state index is -3.71. The highest BCUT2D eigenvalue weighted by Crippen LogP contribution is 2.33. The molecule has 0 spiro atoms. The fraction of sp³-hybridized carbons (Fsp3) is 0.455. The Morgan fingerprint density at radius 1 is 1.39 bits per heavy atom. The molecule has 0 fully saturated rings. The predicted octanol–water partition coefficient (Wildman–Crippen LogP) is 2.24. The third-order valence-corrected chi connectivity index (χ3v) is 5.04. The van der Waals surface area contributed by atoms with Crippen LogP contribution in [0.1, 0.15) is 18.1 Å². The van der Waals surface area contributed by atoms with E-state index in [4.69, 9.17) is 28.9 Å². The first-order valence-corrected chi connectivity index (χ1v) is 7.61. The number of benzene rings is 1. The second-order valence-corrected chi connectivity index (χ2v) is 6.76. The van der Waals surface area contributed by atoms with E-state index in [1.807, 2.05) is 0 Å². The number of halogens is 2. The van der Waals surface area contributed by atoms with E-state index >= 15 is 0 Å². The van der Waals surface area contributed by atoms with Crippen molar-refractivity contribution in [2.45, 2.75) is 31.7 Å². The van der Waals surface area contributed by atoms with Crippen LogP contribution in [0, 0.1) is 13.8 Å². The lowest BCUT2D eigenvalue weighted by atomic mass is 10.2. The van der Waals surface area contributed by atoms with Gasteiger partial charge in [-0.2, -0.15) is 0 Å². The van der Waals surface area contributed by atoms with Gasteiger partial charge in [0.05, 0.1) is 5.02 Å². The molecule has 0 radical (unpaired) electrons. The lowest BCUT2D eigenvalue weighted by molar-refractivity contribution is 0.573. The molecule has 0 aliphatic rings. The largest absolute Gasteiger partial charge is 0.327 e. The van der Waals surface area contributed by atoms with Crippen molar-refractivity contribution in [3.63, 3.8) is 0 Å². The SMILES string of the molecule is Cc1cc(Cl)c(C)c(S(=O)(=O)NCC(C)N)c1Cl. The number of rotatable bonds is 4. The average Bonchev–Trinajstić information content (AvgIpc) is 2.24. The summed E-state index contributed by atoms with van der Waals surface area (Å²) in [7, 11) is -3.71. The molecule has 1 unspecified atom stereocenters. The van der Waals surface area contributed by atoms with Crippen molar-refractivity contribution < 1.29 is 8.42 Å². The summed E-state index contributed by atoms with van der Waals surface area (Å²) >= 11 is 12.0. The average molecular weight is 311 g/mol. The molecule has 1 aromatic carbocycles. The second-order valence-electron chi connectivity index (χ2n) is 4.27. The maximum absolute atomic E-state index is 12.2. The first-order chi connectivity index (χ1) is 8.16. The van der Waals surface area contributed by atoms with E-state index in [9.17, 15) is 8.42 Å². The first-order valence-electron chi connectivity index (χ1n) is 5.37. The maximum Gasteiger partial charge on any atom is 0.242 e. The summed E-state index contributed by atoms with van der Waals surface area (Å²) in [6.45, 7) is 5.18. The quantitative estimate of drug-likeness (QED) is 0.895. The zero-order chi connectivity index (χ0) is 14.1. The van der Waals surface area contributed by atoms with Gasteiger partial charge in [0, 0.05) is 17.6 Å². The van der Waals surface area contributed by atoms with Gasteiger partial charge in [0.25, 0.3) is 0 Å². The van der Waals surface area contributed by atoms with Crippen LogP contribution in [-0.2, 0) is 10.0 Å². The van der Waals surface area contributed by atoms with Gasteiger partial charge < -0.3 is 5.73 Å². The van der Waals surface area contributed by atoms with Crippen molar-refractivity contribution in [3.8, 4) is 0 Å². The summed E-state index contributed by atoms with van der Waals surface area (Å²) in [6.07, 6.45) is 0. The molecule has 0 heterocycles. The summed E-state index contributed by atoms with van der Waals surface area (Å²) in [4.78, 5) is 0.0230. The molecule has 0 saturated heterocycles. The van der Waals surface area contributed by atoms with Gasteiger partial charge in [-0.15, -0.1) is 0 Å². The van der Waals surface area contributed by atoms with Crippen LogP contribution < -0.4 is 10.5 Å². The van der Waals surface area contributed by atoms with Crippen LogP contribution in [-0.4, -0.2) is 21.0 Å². The van der Waals surface area contributed by atoms with Crippen molar-refractivity contribution in [2.75, 3.05) is 6.54 Å². The van der Waals surface area contributed by atoms with Crippen LogP contribution in [0.25, 0.3) is 0 Å². The molecular formula is C11H16Cl2N2O2S. The Bertz CT molecular complexity index is 530. The van der Waals surface area contributed by atoms with Gasteiger partial charge in [-0.3, -0.25) is 0 Å². The van der Waals surface area contributed by atoms with Crippen molar-refractivity contribution in [1.29, 1.82) is 0 Å². The van der Waals surface area contributed by atoms with E-state index in [2.05, 4.69) is 4.72 Å². The molecule has 0 amide bonds. The zero-order valence-electron chi connectivity index (χ0n) is 10.4. The topological polar surface area (TPSA) is 72.2 Å². The Morgan fingerprint density at radius 3 is 2.44 bits per heavy atom. The molecule has 4 nitrogen and oxygen atoms in total. The number of hydrogen-bond acceptors (Lipinski definition) is 3. The summed E-state index contributed by atoms with van der Waals surface area (Å²) in [5.74, 6) is 0. The predicted molar refractivity (Wildman–Crippen MR) is 74.8 cm³/mol. The Kier molecular flexibility index (Phi) is 5.03. The number of sulfonamides is 1. The van der Waals surface area contributed by atoms with Crippen LogP contribution in [0.15, 0.2) is 11.0 Å². The molecule has 3 N–H and O–H groups in total.